The van der Waals surface area contributed by atoms with Gasteiger partial charge in [-0.15, -0.1) is 0 Å². The topological polar surface area (TPSA) is 42.0 Å². The average Bonchev–Trinajstić information content (AvgIpc) is 2.50. The Kier molecular flexibility index (Phi) is 4.91. The molecule has 2 aromatic rings. The summed E-state index contributed by atoms with van der Waals surface area (Å²) in [6.07, 6.45) is 2.30. The maximum absolute atomic E-state index is 13.9. The third kappa shape index (κ3) is 3.39. The van der Waals surface area contributed by atoms with Crippen molar-refractivity contribution in [3.05, 3.63) is 64.2 Å². The summed E-state index contributed by atoms with van der Waals surface area (Å²) >= 11 is 6.05. The quantitative estimate of drug-likeness (QED) is 0.925. The Labute approximate surface area is 128 Å². The molecule has 0 bridgehead atoms. The Morgan fingerprint density at radius 3 is 2.76 bits per heavy atom. The molecule has 0 saturated carbocycles. The van der Waals surface area contributed by atoms with Gasteiger partial charge >= 0.3 is 0 Å². The molecule has 21 heavy (non-hydrogen) atoms. The first kappa shape index (κ1) is 15.4. The molecule has 0 spiro atoms. The highest BCUT2D eigenvalue weighted by atomic mass is 35.5. The fourth-order valence-corrected chi connectivity index (χ4v) is 2.30. The van der Waals surface area contributed by atoms with Gasteiger partial charge in [-0.2, -0.15) is 0 Å². The second-order valence-electron chi connectivity index (χ2n) is 4.74. The van der Waals surface area contributed by atoms with Gasteiger partial charge in [0, 0.05) is 6.20 Å². The molecule has 0 unspecified atom stereocenters. The third-order valence-electron chi connectivity index (χ3n) is 3.27. The molecule has 0 aliphatic rings. The molecule has 0 radical (unpaired) electrons. The van der Waals surface area contributed by atoms with E-state index in [1.54, 1.807) is 25.3 Å². The first-order valence-electron chi connectivity index (χ1n) is 6.71. The van der Waals surface area contributed by atoms with Crippen LogP contribution in [0.4, 0.5) is 4.39 Å². The number of hydrogen-bond acceptors (Lipinski definition) is 2. The van der Waals surface area contributed by atoms with E-state index in [1.807, 2.05) is 19.1 Å². The summed E-state index contributed by atoms with van der Waals surface area (Å²) in [4.78, 5) is 16.5. The monoisotopic (exact) mass is 306 g/mol. The molecule has 3 nitrogen and oxygen atoms in total. The average molecular weight is 307 g/mol. The van der Waals surface area contributed by atoms with Crippen molar-refractivity contribution >= 4 is 17.5 Å². The molecule has 1 amide bonds. The van der Waals surface area contributed by atoms with Crippen LogP contribution in [-0.2, 0) is 0 Å². The number of rotatable bonds is 4. The van der Waals surface area contributed by atoms with Crippen LogP contribution in [0.2, 0.25) is 5.02 Å². The first-order valence-corrected chi connectivity index (χ1v) is 7.08. The Hall–Kier alpha value is -1.94. The van der Waals surface area contributed by atoms with Crippen molar-refractivity contribution in [2.24, 2.45) is 0 Å². The van der Waals surface area contributed by atoms with Gasteiger partial charge in [-0.3, -0.25) is 9.78 Å². The highest BCUT2D eigenvalue weighted by molar-refractivity contribution is 6.34. The van der Waals surface area contributed by atoms with Crippen LogP contribution < -0.4 is 5.32 Å². The SMILES string of the molecule is CC[C@H](NC(=O)c1c(F)ccc(C)c1Cl)c1ccccn1. The van der Waals surface area contributed by atoms with Gasteiger partial charge in [0.2, 0.25) is 0 Å². The number of nitrogens with zero attached hydrogens (tertiary/aromatic N) is 1. The van der Waals surface area contributed by atoms with Gasteiger partial charge in [0.15, 0.2) is 0 Å². The number of hydrogen-bond donors (Lipinski definition) is 1. The van der Waals surface area contributed by atoms with Crippen molar-refractivity contribution in [1.82, 2.24) is 10.3 Å². The normalized spacial score (nSPS) is 12.0. The molecule has 1 heterocycles. The number of aryl methyl sites for hydroxylation is 1. The molecule has 0 saturated heterocycles. The van der Waals surface area contributed by atoms with Gasteiger partial charge in [0.25, 0.3) is 5.91 Å². The zero-order valence-electron chi connectivity index (χ0n) is 11.9. The standard InChI is InChI=1S/C16H16ClFN2O/c1-3-12(13-6-4-5-9-19-13)20-16(21)14-11(18)8-7-10(2)15(14)17/h4-9,12H,3H2,1-2H3,(H,20,21)/t12-/m0/s1. The van der Waals surface area contributed by atoms with Crippen LogP contribution in [0.5, 0.6) is 0 Å². The minimum atomic E-state index is -0.626. The fraction of sp³-hybridized carbons (Fsp3) is 0.250. The van der Waals surface area contributed by atoms with E-state index in [0.29, 0.717) is 12.0 Å². The van der Waals surface area contributed by atoms with E-state index in [2.05, 4.69) is 10.3 Å². The molecule has 1 N–H and O–H groups in total. The maximum atomic E-state index is 13.9. The number of benzene rings is 1. The van der Waals surface area contributed by atoms with Crippen molar-refractivity contribution in [2.75, 3.05) is 0 Å². The predicted octanol–water partition coefficient (Wildman–Crippen LogP) is 4.06. The van der Waals surface area contributed by atoms with Crippen LogP contribution in [0.25, 0.3) is 0 Å². The van der Waals surface area contributed by atoms with E-state index < -0.39 is 11.7 Å². The van der Waals surface area contributed by atoms with Crippen molar-refractivity contribution in [3.8, 4) is 0 Å². The molecule has 0 aliphatic heterocycles. The summed E-state index contributed by atoms with van der Waals surface area (Å²) in [6, 6.07) is 7.98. The molecule has 2 rings (SSSR count). The van der Waals surface area contributed by atoms with Gasteiger partial charge < -0.3 is 5.32 Å². The van der Waals surface area contributed by atoms with Gasteiger partial charge in [-0.25, -0.2) is 4.39 Å². The van der Waals surface area contributed by atoms with Crippen LogP contribution in [0.15, 0.2) is 36.5 Å². The van der Waals surface area contributed by atoms with E-state index in [-0.39, 0.29) is 16.6 Å². The van der Waals surface area contributed by atoms with E-state index in [0.717, 1.165) is 5.69 Å². The maximum Gasteiger partial charge on any atom is 0.256 e. The molecular formula is C16H16ClFN2O. The van der Waals surface area contributed by atoms with E-state index in [9.17, 15) is 9.18 Å². The van der Waals surface area contributed by atoms with Crippen molar-refractivity contribution in [2.45, 2.75) is 26.3 Å². The van der Waals surface area contributed by atoms with Gasteiger partial charge in [-0.05, 0) is 37.1 Å². The third-order valence-corrected chi connectivity index (χ3v) is 3.76. The highest BCUT2D eigenvalue weighted by Gasteiger charge is 2.21. The number of nitrogens with one attached hydrogen (secondary N) is 1. The van der Waals surface area contributed by atoms with E-state index in [1.165, 1.54) is 6.07 Å². The minimum absolute atomic E-state index is 0.119. The van der Waals surface area contributed by atoms with Gasteiger partial charge in [-0.1, -0.05) is 30.7 Å². The van der Waals surface area contributed by atoms with Crippen LogP contribution in [0.1, 0.15) is 41.0 Å². The number of pyridine rings is 1. The van der Waals surface area contributed by atoms with E-state index in [4.69, 9.17) is 11.6 Å². The Balaban J connectivity index is 2.27. The largest absolute Gasteiger partial charge is 0.344 e. The smallest absolute Gasteiger partial charge is 0.256 e. The molecule has 1 aromatic carbocycles. The van der Waals surface area contributed by atoms with E-state index >= 15 is 0 Å². The van der Waals surface area contributed by atoms with Crippen LogP contribution in [0.3, 0.4) is 0 Å². The molecule has 5 heteroatoms. The molecule has 1 atom stereocenters. The zero-order valence-corrected chi connectivity index (χ0v) is 12.6. The lowest BCUT2D eigenvalue weighted by Crippen LogP contribution is -2.29. The van der Waals surface area contributed by atoms with Crippen molar-refractivity contribution in [3.63, 3.8) is 0 Å². The first-order chi connectivity index (χ1) is 10.0. The minimum Gasteiger partial charge on any atom is -0.344 e. The molecule has 1 aromatic heterocycles. The summed E-state index contributed by atoms with van der Waals surface area (Å²) in [7, 11) is 0. The number of carbonyl (C=O) groups is 1. The summed E-state index contributed by atoms with van der Waals surface area (Å²) < 4.78 is 13.9. The Bertz CT molecular complexity index is 646. The lowest BCUT2D eigenvalue weighted by Gasteiger charge is -2.17. The number of amides is 1. The highest BCUT2D eigenvalue weighted by Crippen LogP contribution is 2.24. The molecular weight excluding hydrogens is 291 g/mol. The van der Waals surface area contributed by atoms with Crippen molar-refractivity contribution in [1.29, 1.82) is 0 Å². The second kappa shape index (κ2) is 6.68. The Morgan fingerprint density at radius 1 is 1.38 bits per heavy atom. The second-order valence-corrected chi connectivity index (χ2v) is 5.12. The molecule has 0 aliphatic carbocycles. The van der Waals surface area contributed by atoms with Gasteiger partial charge in [0.05, 0.1) is 22.3 Å². The predicted molar refractivity (Wildman–Crippen MR) is 80.9 cm³/mol. The lowest BCUT2D eigenvalue weighted by molar-refractivity contribution is 0.0930. The van der Waals surface area contributed by atoms with Gasteiger partial charge in [0.1, 0.15) is 5.82 Å². The Morgan fingerprint density at radius 2 is 2.14 bits per heavy atom. The summed E-state index contributed by atoms with van der Waals surface area (Å²) in [6.45, 7) is 3.66. The number of carbonyl (C=O) groups excluding carboxylic acids is 1. The summed E-state index contributed by atoms with van der Waals surface area (Å²) in [5.41, 5.74) is 1.28. The number of aromatic nitrogens is 1. The molecule has 0 fully saturated rings. The lowest BCUT2D eigenvalue weighted by atomic mass is 10.1. The van der Waals surface area contributed by atoms with Crippen LogP contribution >= 0.6 is 11.6 Å². The summed E-state index contributed by atoms with van der Waals surface area (Å²) in [5.74, 6) is -1.15. The van der Waals surface area contributed by atoms with Crippen LogP contribution in [0, 0.1) is 12.7 Å². The summed E-state index contributed by atoms with van der Waals surface area (Å²) in [5, 5.41) is 2.92. The number of halogens is 2. The van der Waals surface area contributed by atoms with Crippen LogP contribution in [-0.4, -0.2) is 10.9 Å². The van der Waals surface area contributed by atoms with Crippen molar-refractivity contribution < 1.29 is 9.18 Å². The molecule has 110 valence electrons. The fourth-order valence-electron chi connectivity index (χ4n) is 2.06. The zero-order chi connectivity index (χ0) is 15.4.